The fourth-order valence-electron chi connectivity index (χ4n) is 1.22. The number of nitrogens with zero attached hydrogens (tertiary/aromatic N) is 2. The molecule has 0 fully saturated rings. The zero-order valence-corrected chi connectivity index (χ0v) is 9.58. The standard InChI is InChI=1S/C11H13ClN2O/c1-8(2)7-14(3)11(15)9-6-13-5-4-10(9)12/h4-6H,1,7H2,2-3H3. The van der Waals surface area contributed by atoms with Crippen molar-refractivity contribution in [2.45, 2.75) is 6.92 Å². The summed E-state index contributed by atoms with van der Waals surface area (Å²) in [5.74, 6) is -0.142. The smallest absolute Gasteiger partial charge is 0.256 e. The lowest BCUT2D eigenvalue weighted by molar-refractivity contribution is 0.0806. The molecule has 0 saturated carbocycles. The molecule has 1 amide bonds. The molecule has 0 aliphatic carbocycles. The maximum atomic E-state index is 11.9. The van der Waals surface area contributed by atoms with Crippen LogP contribution in [-0.2, 0) is 0 Å². The molecular formula is C11H13ClN2O. The topological polar surface area (TPSA) is 33.2 Å². The number of likely N-dealkylation sites (N-methyl/N-ethyl adjacent to an activating group) is 1. The van der Waals surface area contributed by atoms with Crippen molar-refractivity contribution in [2.75, 3.05) is 13.6 Å². The van der Waals surface area contributed by atoms with E-state index in [1.54, 1.807) is 24.2 Å². The summed E-state index contributed by atoms with van der Waals surface area (Å²) in [4.78, 5) is 17.3. The van der Waals surface area contributed by atoms with Gasteiger partial charge in [-0.2, -0.15) is 0 Å². The first-order chi connectivity index (χ1) is 7.02. The van der Waals surface area contributed by atoms with E-state index in [0.29, 0.717) is 17.1 Å². The Hall–Kier alpha value is -1.35. The maximum absolute atomic E-state index is 11.9. The second-order valence-corrected chi connectivity index (χ2v) is 3.88. The zero-order valence-electron chi connectivity index (χ0n) is 8.83. The molecule has 0 unspecified atom stereocenters. The van der Waals surface area contributed by atoms with Crippen LogP contribution < -0.4 is 0 Å². The average Bonchev–Trinajstić information content (AvgIpc) is 2.16. The van der Waals surface area contributed by atoms with Crippen molar-refractivity contribution in [1.82, 2.24) is 9.88 Å². The van der Waals surface area contributed by atoms with Crippen molar-refractivity contribution in [3.63, 3.8) is 0 Å². The summed E-state index contributed by atoms with van der Waals surface area (Å²) in [7, 11) is 1.71. The summed E-state index contributed by atoms with van der Waals surface area (Å²) in [6.07, 6.45) is 3.03. The molecule has 0 atom stereocenters. The highest BCUT2D eigenvalue weighted by Crippen LogP contribution is 2.15. The molecule has 0 saturated heterocycles. The minimum atomic E-state index is -0.142. The second-order valence-electron chi connectivity index (χ2n) is 3.47. The highest BCUT2D eigenvalue weighted by Gasteiger charge is 2.14. The first-order valence-electron chi connectivity index (χ1n) is 4.51. The Morgan fingerprint density at radius 2 is 2.33 bits per heavy atom. The van der Waals surface area contributed by atoms with Crippen molar-refractivity contribution in [1.29, 1.82) is 0 Å². The van der Waals surface area contributed by atoms with Crippen LogP contribution in [0, 0.1) is 0 Å². The fraction of sp³-hybridized carbons (Fsp3) is 0.273. The Balaban J connectivity index is 2.85. The van der Waals surface area contributed by atoms with E-state index in [2.05, 4.69) is 11.6 Å². The number of amides is 1. The molecule has 0 aromatic carbocycles. The monoisotopic (exact) mass is 224 g/mol. The fourth-order valence-corrected chi connectivity index (χ4v) is 1.40. The highest BCUT2D eigenvalue weighted by atomic mass is 35.5. The van der Waals surface area contributed by atoms with Crippen LogP contribution in [0.1, 0.15) is 17.3 Å². The highest BCUT2D eigenvalue weighted by molar-refractivity contribution is 6.33. The van der Waals surface area contributed by atoms with Gasteiger partial charge in [-0.15, -0.1) is 0 Å². The molecule has 15 heavy (non-hydrogen) atoms. The van der Waals surface area contributed by atoms with Crippen LogP contribution in [0.5, 0.6) is 0 Å². The van der Waals surface area contributed by atoms with Crippen LogP contribution in [0.2, 0.25) is 5.02 Å². The average molecular weight is 225 g/mol. The number of hydrogen-bond donors (Lipinski definition) is 0. The predicted octanol–water partition coefficient (Wildman–Crippen LogP) is 2.38. The van der Waals surface area contributed by atoms with Gasteiger partial charge in [0.1, 0.15) is 0 Å². The zero-order chi connectivity index (χ0) is 11.4. The number of halogens is 1. The van der Waals surface area contributed by atoms with Crippen molar-refractivity contribution < 1.29 is 4.79 Å². The van der Waals surface area contributed by atoms with E-state index < -0.39 is 0 Å². The summed E-state index contributed by atoms with van der Waals surface area (Å²) in [6.45, 7) is 6.14. The quantitative estimate of drug-likeness (QED) is 0.739. The lowest BCUT2D eigenvalue weighted by Crippen LogP contribution is -2.28. The van der Waals surface area contributed by atoms with Gasteiger partial charge in [0.25, 0.3) is 5.91 Å². The van der Waals surface area contributed by atoms with E-state index >= 15 is 0 Å². The molecule has 1 rings (SSSR count). The largest absolute Gasteiger partial charge is 0.338 e. The van der Waals surface area contributed by atoms with Gasteiger partial charge in [0, 0.05) is 26.0 Å². The Kier molecular flexibility index (Phi) is 3.86. The molecule has 3 nitrogen and oxygen atoms in total. The van der Waals surface area contributed by atoms with Gasteiger partial charge in [0.2, 0.25) is 0 Å². The molecule has 1 aromatic heterocycles. The number of aromatic nitrogens is 1. The van der Waals surface area contributed by atoms with Crippen LogP contribution in [0.4, 0.5) is 0 Å². The molecule has 0 aliphatic heterocycles. The van der Waals surface area contributed by atoms with Gasteiger partial charge in [-0.1, -0.05) is 23.8 Å². The first-order valence-corrected chi connectivity index (χ1v) is 4.89. The number of carbonyl (C=O) groups excluding carboxylic acids is 1. The van der Waals surface area contributed by atoms with E-state index in [1.165, 1.54) is 6.20 Å². The SMILES string of the molecule is C=C(C)CN(C)C(=O)c1cnccc1Cl. The minimum Gasteiger partial charge on any atom is -0.338 e. The van der Waals surface area contributed by atoms with E-state index in [4.69, 9.17) is 11.6 Å². The second kappa shape index (κ2) is 4.94. The van der Waals surface area contributed by atoms with E-state index in [1.807, 2.05) is 6.92 Å². The molecule has 80 valence electrons. The molecular weight excluding hydrogens is 212 g/mol. The third-order valence-corrected chi connectivity index (χ3v) is 2.18. The number of pyridine rings is 1. The van der Waals surface area contributed by atoms with E-state index in [-0.39, 0.29) is 5.91 Å². The molecule has 0 N–H and O–H groups in total. The van der Waals surface area contributed by atoms with Crippen LogP contribution in [0.15, 0.2) is 30.6 Å². The summed E-state index contributed by atoms with van der Waals surface area (Å²) >= 11 is 5.89. The molecule has 0 bridgehead atoms. The van der Waals surface area contributed by atoms with Gasteiger partial charge in [0.15, 0.2) is 0 Å². The lowest BCUT2D eigenvalue weighted by Gasteiger charge is -2.17. The number of carbonyl (C=O) groups is 1. The summed E-state index contributed by atoms with van der Waals surface area (Å²) in [6, 6.07) is 1.60. The van der Waals surface area contributed by atoms with Crippen molar-refractivity contribution in [2.24, 2.45) is 0 Å². The maximum Gasteiger partial charge on any atom is 0.256 e. The van der Waals surface area contributed by atoms with Gasteiger partial charge >= 0.3 is 0 Å². The molecule has 0 aliphatic rings. The lowest BCUT2D eigenvalue weighted by atomic mass is 10.2. The van der Waals surface area contributed by atoms with Crippen LogP contribution in [0.3, 0.4) is 0 Å². The Labute approximate surface area is 94.4 Å². The van der Waals surface area contributed by atoms with Crippen molar-refractivity contribution in [3.8, 4) is 0 Å². The van der Waals surface area contributed by atoms with Crippen molar-refractivity contribution >= 4 is 17.5 Å². The minimum absolute atomic E-state index is 0.142. The molecule has 0 spiro atoms. The summed E-state index contributed by atoms with van der Waals surface area (Å²) in [5.41, 5.74) is 1.34. The Bertz CT molecular complexity index is 390. The molecule has 1 aromatic rings. The van der Waals surface area contributed by atoms with Crippen molar-refractivity contribution in [3.05, 3.63) is 41.2 Å². The van der Waals surface area contributed by atoms with Crippen LogP contribution in [0.25, 0.3) is 0 Å². The Morgan fingerprint density at radius 3 is 2.87 bits per heavy atom. The first kappa shape index (κ1) is 11.7. The van der Waals surface area contributed by atoms with Crippen LogP contribution in [-0.4, -0.2) is 29.4 Å². The summed E-state index contributed by atoms with van der Waals surface area (Å²) < 4.78 is 0. The van der Waals surface area contributed by atoms with Gasteiger partial charge < -0.3 is 4.90 Å². The third kappa shape index (κ3) is 3.06. The Morgan fingerprint density at radius 1 is 1.67 bits per heavy atom. The molecule has 4 heteroatoms. The van der Waals surface area contributed by atoms with Gasteiger partial charge in [0.05, 0.1) is 10.6 Å². The van der Waals surface area contributed by atoms with E-state index in [0.717, 1.165) is 5.57 Å². The normalized spacial score (nSPS) is 9.80. The van der Waals surface area contributed by atoms with Gasteiger partial charge in [-0.05, 0) is 13.0 Å². The van der Waals surface area contributed by atoms with Gasteiger partial charge in [-0.25, -0.2) is 0 Å². The molecule has 1 heterocycles. The number of hydrogen-bond acceptors (Lipinski definition) is 2. The predicted molar refractivity (Wildman–Crippen MR) is 61.0 cm³/mol. The summed E-state index contributed by atoms with van der Waals surface area (Å²) in [5, 5.41) is 0.420. The van der Waals surface area contributed by atoms with Gasteiger partial charge in [-0.3, -0.25) is 9.78 Å². The van der Waals surface area contributed by atoms with Crippen LogP contribution >= 0.6 is 11.6 Å². The molecule has 0 radical (unpaired) electrons. The number of rotatable bonds is 3. The van der Waals surface area contributed by atoms with E-state index in [9.17, 15) is 4.79 Å². The third-order valence-electron chi connectivity index (χ3n) is 1.85.